The average Bonchev–Trinajstić information content (AvgIpc) is 3.78. The Hall–Kier alpha value is -7.11. The Morgan fingerprint density at radius 2 is 0.923 bits per heavy atom. The maximum absolute atomic E-state index is 6.55. The highest BCUT2D eigenvalue weighted by molar-refractivity contribution is 6.13. The van der Waals surface area contributed by atoms with Gasteiger partial charge in [0.2, 0.25) is 0 Å². The second kappa shape index (κ2) is 11.2. The quantitative estimate of drug-likeness (QED) is 0.175. The van der Waals surface area contributed by atoms with E-state index in [1.807, 2.05) is 66.7 Å². The zero-order valence-corrected chi connectivity index (χ0v) is 27.7. The summed E-state index contributed by atoms with van der Waals surface area (Å²) in [4.78, 5) is 15.3. The summed E-state index contributed by atoms with van der Waals surface area (Å²) in [7, 11) is 0. The highest BCUT2D eigenvalue weighted by Crippen LogP contribution is 2.39. The molecule has 11 rings (SSSR count). The third-order valence-corrected chi connectivity index (χ3v) is 10.1. The molecular formula is C47H27N3O2. The van der Waals surface area contributed by atoms with E-state index in [-0.39, 0.29) is 0 Å². The molecule has 0 fully saturated rings. The smallest absolute Gasteiger partial charge is 0.164 e. The van der Waals surface area contributed by atoms with Gasteiger partial charge in [0, 0.05) is 38.2 Å². The van der Waals surface area contributed by atoms with Crippen molar-refractivity contribution < 1.29 is 8.83 Å². The van der Waals surface area contributed by atoms with Gasteiger partial charge >= 0.3 is 0 Å². The van der Waals surface area contributed by atoms with Crippen LogP contribution in [0.15, 0.2) is 173 Å². The molecule has 5 nitrogen and oxygen atoms in total. The van der Waals surface area contributed by atoms with Crippen LogP contribution in [0.25, 0.3) is 111 Å². The lowest BCUT2D eigenvalue weighted by atomic mass is 9.99. The number of hydrogen-bond donors (Lipinski definition) is 0. The van der Waals surface area contributed by atoms with Gasteiger partial charge in [-0.25, -0.2) is 15.0 Å². The molecule has 0 saturated carbocycles. The highest BCUT2D eigenvalue weighted by Gasteiger charge is 2.19. The normalized spacial score (nSPS) is 11.8. The van der Waals surface area contributed by atoms with Crippen LogP contribution in [-0.4, -0.2) is 15.0 Å². The van der Waals surface area contributed by atoms with Gasteiger partial charge in [0.25, 0.3) is 0 Å². The molecule has 0 amide bonds. The molecule has 3 aromatic heterocycles. The van der Waals surface area contributed by atoms with Gasteiger partial charge in [-0.2, -0.15) is 0 Å². The summed E-state index contributed by atoms with van der Waals surface area (Å²) in [6.07, 6.45) is 0. The summed E-state index contributed by atoms with van der Waals surface area (Å²) in [6, 6.07) is 56.4. The van der Waals surface area contributed by atoms with Crippen molar-refractivity contribution in [1.29, 1.82) is 0 Å². The Bertz CT molecular complexity index is 3190. The number of benzene rings is 8. The van der Waals surface area contributed by atoms with Crippen molar-refractivity contribution in [3.8, 4) is 45.3 Å². The number of aromatic nitrogens is 3. The molecule has 11 aromatic rings. The van der Waals surface area contributed by atoms with Crippen molar-refractivity contribution in [3.63, 3.8) is 0 Å². The van der Waals surface area contributed by atoms with Crippen molar-refractivity contribution in [2.24, 2.45) is 0 Å². The van der Waals surface area contributed by atoms with Gasteiger partial charge in [-0.15, -0.1) is 0 Å². The maximum Gasteiger partial charge on any atom is 0.164 e. The summed E-state index contributed by atoms with van der Waals surface area (Å²) >= 11 is 0. The van der Waals surface area contributed by atoms with E-state index < -0.39 is 0 Å². The SMILES string of the molecule is c1ccc(-c2nc(-c3ccc4ccc5ccccc5c4c3)nc(-c3cccc4oc5cc(-c6ccc7oc8ccccc8c7c6)ccc5c34)n2)cc1. The first-order valence-electron chi connectivity index (χ1n) is 17.3. The van der Waals surface area contributed by atoms with E-state index in [0.29, 0.717) is 17.5 Å². The molecule has 0 atom stereocenters. The van der Waals surface area contributed by atoms with E-state index in [4.69, 9.17) is 23.8 Å². The summed E-state index contributed by atoms with van der Waals surface area (Å²) in [5, 5.41) is 8.92. The zero-order valence-electron chi connectivity index (χ0n) is 27.7. The molecule has 0 saturated heterocycles. The third kappa shape index (κ3) is 4.53. The van der Waals surface area contributed by atoms with Gasteiger partial charge in [-0.3, -0.25) is 0 Å². The Morgan fingerprint density at radius 1 is 0.308 bits per heavy atom. The van der Waals surface area contributed by atoms with E-state index in [2.05, 4.69) is 97.1 Å². The number of hydrogen-bond acceptors (Lipinski definition) is 5. The van der Waals surface area contributed by atoms with Gasteiger partial charge in [-0.05, 0) is 75.1 Å². The number of furan rings is 2. The van der Waals surface area contributed by atoms with Crippen LogP contribution in [-0.2, 0) is 0 Å². The van der Waals surface area contributed by atoms with Crippen molar-refractivity contribution in [2.45, 2.75) is 0 Å². The first-order valence-corrected chi connectivity index (χ1v) is 17.3. The second-order valence-electron chi connectivity index (χ2n) is 13.2. The van der Waals surface area contributed by atoms with Gasteiger partial charge in [0.15, 0.2) is 17.5 Å². The standard InChI is InChI=1S/C47H27N3O2/c1-2-10-30(11-3-1)45-48-46(33-20-19-29-18-17-28-9-4-5-12-34(28)38(29)26-33)50-47(49-45)37-14-8-16-42-44(37)36-23-21-32(27-43(36)52-42)31-22-24-41-39(25-31)35-13-6-7-15-40(35)51-41/h1-27H. The molecule has 8 aromatic carbocycles. The predicted molar refractivity (Wildman–Crippen MR) is 211 cm³/mol. The van der Waals surface area contributed by atoms with Crippen molar-refractivity contribution in [3.05, 3.63) is 164 Å². The molecule has 0 spiro atoms. The van der Waals surface area contributed by atoms with Gasteiger partial charge in [-0.1, -0.05) is 121 Å². The summed E-state index contributed by atoms with van der Waals surface area (Å²) in [5.41, 5.74) is 8.26. The molecular weight excluding hydrogens is 639 g/mol. The molecule has 0 bridgehead atoms. The first kappa shape index (κ1) is 28.7. The van der Waals surface area contributed by atoms with Crippen molar-refractivity contribution in [1.82, 2.24) is 15.0 Å². The van der Waals surface area contributed by atoms with Crippen LogP contribution in [0.2, 0.25) is 0 Å². The molecule has 0 radical (unpaired) electrons. The molecule has 0 N–H and O–H groups in total. The van der Waals surface area contributed by atoms with Crippen LogP contribution >= 0.6 is 0 Å². The molecule has 3 heterocycles. The summed E-state index contributed by atoms with van der Waals surface area (Å²) in [6.45, 7) is 0. The minimum Gasteiger partial charge on any atom is -0.456 e. The topological polar surface area (TPSA) is 65.0 Å². The molecule has 0 unspecified atom stereocenters. The van der Waals surface area contributed by atoms with E-state index in [1.54, 1.807) is 0 Å². The van der Waals surface area contributed by atoms with E-state index >= 15 is 0 Å². The van der Waals surface area contributed by atoms with Crippen LogP contribution in [0.5, 0.6) is 0 Å². The monoisotopic (exact) mass is 665 g/mol. The number of para-hydroxylation sites is 1. The van der Waals surface area contributed by atoms with Crippen LogP contribution in [0.3, 0.4) is 0 Å². The molecule has 0 aliphatic heterocycles. The Kier molecular flexibility index (Phi) is 6.18. The fraction of sp³-hybridized carbons (Fsp3) is 0. The molecule has 0 aliphatic carbocycles. The second-order valence-corrected chi connectivity index (χ2v) is 13.2. The third-order valence-electron chi connectivity index (χ3n) is 10.1. The van der Waals surface area contributed by atoms with Gasteiger partial charge < -0.3 is 8.83 Å². The molecule has 52 heavy (non-hydrogen) atoms. The molecule has 242 valence electrons. The zero-order chi connectivity index (χ0) is 34.2. The molecule has 0 aliphatic rings. The maximum atomic E-state index is 6.55. The Morgan fingerprint density at radius 3 is 1.83 bits per heavy atom. The number of rotatable bonds is 4. The lowest BCUT2D eigenvalue weighted by Crippen LogP contribution is -2.00. The fourth-order valence-corrected chi connectivity index (χ4v) is 7.58. The lowest BCUT2D eigenvalue weighted by molar-refractivity contribution is 0.669. The van der Waals surface area contributed by atoms with Crippen molar-refractivity contribution >= 4 is 65.4 Å². The highest BCUT2D eigenvalue weighted by atomic mass is 16.3. The Labute approximate surface area is 297 Å². The minimum absolute atomic E-state index is 0.594. The number of nitrogens with zero attached hydrogens (tertiary/aromatic N) is 3. The van der Waals surface area contributed by atoms with E-state index in [1.165, 1.54) is 16.2 Å². The summed E-state index contributed by atoms with van der Waals surface area (Å²) in [5.74, 6) is 1.83. The van der Waals surface area contributed by atoms with Gasteiger partial charge in [0.05, 0.1) is 0 Å². The number of fused-ring (bicyclic) bond motifs is 9. The van der Waals surface area contributed by atoms with Crippen LogP contribution in [0.4, 0.5) is 0 Å². The van der Waals surface area contributed by atoms with E-state index in [0.717, 1.165) is 77.1 Å². The largest absolute Gasteiger partial charge is 0.456 e. The minimum atomic E-state index is 0.594. The van der Waals surface area contributed by atoms with Crippen LogP contribution in [0, 0.1) is 0 Å². The summed E-state index contributed by atoms with van der Waals surface area (Å²) < 4.78 is 12.6. The lowest BCUT2D eigenvalue weighted by Gasteiger charge is -2.10. The molecule has 5 heteroatoms. The van der Waals surface area contributed by atoms with Crippen molar-refractivity contribution in [2.75, 3.05) is 0 Å². The Balaban J connectivity index is 1.08. The van der Waals surface area contributed by atoms with Crippen LogP contribution in [0.1, 0.15) is 0 Å². The predicted octanol–water partition coefficient (Wildman–Crippen LogP) is 12.6. The van der Waals surface area contributed by atoms with Gasteiger partial charge in [0.1, 0.15) is 22.3 Å². The average molecular weight is 666 g/mol. The van der Waals surface area contributed by atoms with Crippen LogP contribution < -0.4 is 0 Å². The van der Waals surface area contributed by atoms with E-state index in [9.17, 15) is 0 Å². The fourth-order valence-electron chi connectivity index (χ4n) is 7.58. The first-order chi connectivity index (χ1) is 25.7.